The van der Waals surface area contributed by atoms with Crippen molar-refractivity contribution in [2.24, 2.45) is 0 Å². The van der Waals surface area contributed by atoms with E-state index in [4.69, 9.17) is 0 Å². The van der Waals surface area contributed by atoms with Crippen molar-refractivity contribution in [2.45, 2.75) is 30.5 Å². The first-order valence-electron chi connectivity index (χ1n) is 7.61. The summed E-state index contributed by atoms with van der Waals surface area (Å²) in [5, 5.41) is 2.88. The molecule has 0 saturated heterocycles. The van der Waals surface area contributed by atoms with Crippen LogP contribution in [-0.4, -0.2) is 13.4 Å². The van der Waals surface area contributed by atoms with Crippen LogP contribution in [0.25, 0.3) is 9.88 Å². The first-order chi connectivity index (χ1) is 11.5. The summed E-state index contributed by atoms with van der Waals surface area (Å²) in [5.74, 6) is 0. The Morgan fingerprint density at radius 1 is 1.17 bits per heavy atom. The second-order valence-corrected chi connectivity index (χ2v) is 9.25. The van der Waals surface area contributed by atoms with Crippen LogP contribution < -0.4 is 4.72 Å². The molecule has 7 heteroatoms. The molecule has 3 rings (SSSR count). The van der Waals surface area contributed by atoms with Gasteiger partial charge in [0.25, 0.3) is 10.0 Å². The standard InChI is InChI=1S/C17H18N2O2S3/c1-3-14-11-22-17(18-14)15-9-10-16(23-15)24(20,21)19-12(2)13-7-5-4-6-8-13/h4-12,19H,3H2,1-2H3/t12-/m0/s1. The van der Waals surface area contributed by atoms with Crippen molar-refractivity contribution in [3.05, 3.63) is 59.1 Å². The highest BCUT2D eigenvalue weighted by Crippen LogP contribution is 2.33. The van der Waals surface area contributed by atoms with Crippen LogP contribution in [-0.2, 0) is 16.4 Å². The Labute approximate surface area is 150 Å². The molecule has 0 aliphatic heterocycles. The highest BCUT2D eigenvalue weighted by Gasteiger charge is 2.21. The number of nitrogens with zero attached hydrogens (tertiary/aromatic N) is 1. The highest BCUT2D eigenvalue weighted by molar-refractivity contribution is 7.91. The van der Waals surface area contributed by atoms with E-state index in [9.17, 15) is 8.42 Å². The van der Waals surface area contributed by atoms with Gasteiger partial charge in [0.1, 0.15) is 9.22 Å². The predicted octanol–water partition coefficient (Wildman–Crippen LogP) is 4.47. The monoisotopic (exact) mass is 378 g/mol. The molecule has 0 aliphatic carbocycles. The summed E-state index contributed by atoms with van der Waals surface area (Å²) in [6, 6.07) is 12.7. The molecule has 0 radical (unpaired) electrons. The lowest BCUT2D eigenvalue weighted by molar-refractivity contribution is 0.569. The number of thiophene rings is 1. The molecule has 0 saturated carbocycles. The second-order valence-electron chi connectivity index (χ2n) is 5.37. The molecule has 0 spiro atoms. The van der Waals surface area contributed by atoms with Crippen molar-refractivity contribution < 1.29 is 8.42 Å². The van der Waals surface area contributed by atoms with Gasteiger partial charge in [0.2, 0.25) is 0 Å². The van der Waals surface area contributed by atoms with E-state index in [1.165, 1.54) is 11.3 Å². The predicted molar refractivity (Wildman–Crippen MR) is 100.0 cm³/mol. The van der Waals surface area contributed by atoms with Gasteiger partial charge < -0.3 is 0 Å². The minimum absolute atomic E-state index is 0.284. The third kappa shape index (κ3) is 3.75. The van der Waals surface area contributed by atoms with Gasteiger partial charge in [0.15, 0.2) is 0 Å². The van der Waals surface area contributed by atoms with Gasteiger partial charge in [-0.2, -0.15) is 0 Å². The van der Waals surface area contributed by atoms with E-state index in [0.717, 1.165) is 27.6 Å². The minimum Gasteiger partial charge on any atom is -0.240 e. The molecule has 1 atom stereocenters. The van der Waals surface area contributed by atoms with E-state index < -0.39 is 10.0 Å². The Kier molecular flexibility index (Phi) is 5.15. The molecule has 3 aromatic rings. The zero-order valence-corrected chi connectivity index (χ0v) is 15.8. The van der Waals surface area contributed by atoms with Gasteiger partial charge in [0, 0.05) is 11.4 Å². The summed E-state index contributed by atoms with van der Waals surface area (Å²) in [4.78, 5) is 5.40. The van der Waals surface area contributed by atoms with Crippen molar-refractivity contribution in [3.63, 3.8) is 0 Å². The highest BCUT2D eigenvalue weighted by atomic mass is 32.2. The third-order valence-corrected chi connectivity index (χ3v) is 7.78. The molecule has 2 heterocycles. The van der Waals surface area contributed by atoms with Crippen molar-refractivity contribution in [1.82, 2.24) is 9.71 Å². The lowest BCUT2D eigenvalue weighted by Gasteiger charge is -2.13. The Balaban J connectivity index is 1.80. The Morgan fingerprint density at radius 3 is 2.58 bits per heavy atom. The van der Waals surface area contributed by atoms with Crippen molar-refractivity contribution in [3.8, 4) is 9.88 Å². The quantitative estimate of drug-likeness (QED) is 0.688. The Hall–Kier alpha value is -1.54. The summed E-state index contributed by atoms with van der Waals surface area (Å²) < 4.78 is 28.3. The number of hydrogen-bond donors (Lipinski definition) is 1. The molecular formula is C17H18N2O2S3. The first kappa shape index (κ1) is 17.3. The number of sulfonamides is 1. The Bertz CT molecular complexity index is 914. The fourth-order valence-electron chi connectivity index (χ4n) is 2.26. The van der Waals surface area contributed by atoms with Crippen LogP contribution in [0, 0.1) is 0 Å². The average molecular weight is 379 g/mol. The van der Waals surface area contributed by atoms with Crippen molar-refractivity contribution in [2.75, 3.05) is 0 Å². The molecule has 0 aliphatic rings. The van der Waals surface area contributed by atoms with Gasteiger partial charge in [-0.3, -0.25) is 0 Å². The maximum absolute atomic E-state index is 12.6. The third-order valence-electron chi connectivity index (χ3n) is 3.60. The number of benzene rings is 1. The molecule has 0 amide bonds. The Morgan fingerprint density at radius 2 is 1.92 bits per heavy atom. The van der Waals surface area contributed by atoms with E-state index in [-0.39, 0.29) is 6.04 Å². The number of aryl methyl sites for hydroxylation is 1. The minimum atomic E-state index is -3.55. The average Bonchev–Trinajstić information content (AvgIpc) is 3.24. The van der Waals surface area contributed by atoms with E-state index in [1.54, 1.807) is 17.4 Å². The van der Waals surface area contributed by atoms with Gasteiger partial charge in [-0.15, -0.1) is 22.7 Å². The van der Waals surface area contributed by atoms with Crippen LogP contribution in [0.5, 0.6) is 0 Å². The van der Waals surface area contributed by atoms with Crippen LogP contribution >= 0.6 is 22.7 Å². The first-order valence-corrected chi connectivity index (χ1v) is 10.8. The van der Waals surface area contributed by atoms with Gasteiger partial charge >= 0.3 is 0 Å². The number of nitrogens with one attached hydrogen (secondary N) is 1. The summed E-state index contributed by atoms with van der Waals surface area (Å²) in [6.45, 7) is 3.90. The van der Waals surface area contributed by atoms with Gasteiger partial charge in [-0.1, -0.05) is 37.3 Å². The number of hydrogen-bond acceptors (Lipinski definition) is 5. The topological polar surface area (TPSA) is 59.1 Å². The van der Waals surface area contributed by atoms with Gasteiger partial charge in [-0.05, 0) is 31.0 Å². The fraction of sp³-hybridized carbons (Fsp3) is 0.235. The van der Waals surface area contributed by atoms with Crippen LogP contribution in [0.3, 0.4) is 0 Å². The van der Waals surface area contributed by atoms with E-state index in [0.29, 0.717) is 4.21 Å². The molecule has 0 unspecified atom stereocenters. The summed E-state index contributed by atoms with van der Waals surface area (Å²) in [5.41, 5.74) is 1.97. The SMILES string of the molecule is CCc1csc(-c2ccc(S(=O)(=O)N[C@@H](C)c3ccccc3)s2)n1. The summed E-state index contributed by atoms with van der Waals surface area (Å²) in [6.07, 6.45) is 0.878. The van der Waals surface area contributed by atoms with Crippen LogP contribution in [0.4, 0.5) is 0 Å². The normalized spacial score (nSPS) is 13.1. The van der Waals surface area contributed by atoms with E-state index in [2.05, 4.69) is 16.6 Å². The lowest BCUT2D eigenvalue weighted by Crippen LogP contribution is -2.26. The van der Waals surface area contributed by atoms with Crippen molar-refractivity contribution >= 4 is 32.7 Å². The van der Waals surface area contributed by atoms with Crippen LogP contribution in [0.15, 0.2) is 52.1 Å². The molecule has 4 nitrogen and oxygen atoms in total. The van der Waals surface area contributed by atoms with Gasteiger partial charge in [0.05, 0.1) is 10.6 Å². The second kappa shape index (κ2) is 7.14. The fourth-order valence-corrected chi connectivity index (χ4v) is 5.79. The van der Waals surface area contributed by atoms with E-state index >= 15 is 0 Å². The maximum Gasteiger partial charge on any atom is 0.250 e. The molecule has 0 bridgehead atoms. The maximum atomic E-state index is 12.6. The molecule has 126 valence electrons. The molecule has 0 fully saturated rings. The van der Waals surface area contributed by atoms with E-state index in [1.807, 2.05) is 48.7 Å². The molecule has 1 aromatic carbocycles. The molecular weight excluding hydrogens is 360 g/mol. The molecule has 24 heavy (non-hydrogen) atoms. The lowest BCUT2D eigenvalue weighted by atomic mass is 10.1. The van der Waals surface area contributed by atoms with Gasteiger partial charge in [-0.25, -0.2) is 18.1 Å². The largest absolute Gasteiger partial charge is 0.250 e. The molecule has 1 N–H and O–H groups in total. The number of thiazole rings is 1. The summed E-state index contributed by atoms with van der Waals surface area (Å²) in [7, 11) is -3.55. The molecule has 2 aromatic heterocycles. The van der Waals surface area contributed by atoms with Crippen LogP contribution in [0.1, 0.15) is 31.1 Å². The number of aromatic nitrogens is 1. The number of rotatable bonds is 6. The van der Waals surface area contributed by atoms with Crippen LogP contribution in [0.2, 0.25) is 0 Å². The zero-order chi connectivity index (χ0) is 17.2. The van der Waals surface area contributed by atoms with Crippen molar-refractivity contribution in [1.29, 1.82) is 0 Å². The smallest absolute Gasteiger partial charge is 0.240 e. The zero-order valence-electron chi connectivity index (χ0n) is 13.4. The summed E-state index contributed by atoms with van der Waals surface area (Å²) >= 11 is 2.80.